The van der Waals surface area contributed by atoms with E-state index in [4.69, 9.17) is 4.84 Å². The zero-order valence-corrected chi connectivity index (χ0v) is 15.1. The Morgan fingerprint density at radius 3 is 2.83 bits per heavy atom. The van der Waals surface area contributed by atoms with E-state index >= 15 is 0 Å². The summed E-state index contributed by atoms with van der Waals surface area (Å²) in [7, 11) is 2.20. The minimum absolute atomic E-state index is 0.782. The van der Waals surface area contributed by atoms with Gasteiger partial charge in [0.05, 0.1) is 12.3 Å². The summed E-state index contributed by atoms with van der Waals surface area (Å²) in [6.45, 7) is 8.93. The molecule has 0 amide bonds. The van der Waals surface area contributed by atoms with Gasteiger partial charge in [-0.05, 0) is 51.1 Å². The zero-order valence-electron chi connectivity index (χ0n) is 15.1. The van der Waals surface area contributed by atoms with Gasteiger partial charge >= 0.3 is 0 Å². The summed E-state index contributed by atoms with van der Waals surface area (Å²) in [5.74, 6) is 0. The van der Waals surface area contributed by atoms with E-state index in [1.54, 1.807) is 0 Å². The van der Waals surface area contributed by atoms with Crippen molar-refractivity contribution in [2.75, 3.05) is 46.4 Å². The van der Waals surface area contributed by atoms with Crippen molar-refractivity contribution in [3.8, 4) is 0 Å². The number of allylic oxidation sites excluding steroid dienone is 3. The van der Waals surface area contributed by atoms with Gasteiger partial charge in [0.2, 0.25) is 0 Å². The molecule has 1 N–H and O–H groups in total. The summed E-state index contributed by atoms with van der Waals surface area (Å²) in [6.07, 6.45) is 13.1. The van der Waals surface area contributed by atoms with E-state index in [9.17, 15) is 0 Å². The maximum absolute atomic E-state index is 5.75. The number of likely N-dealkylation sites (N-methyl/N-ethyl adjacent to an activating group) is 1. The second-order valence-electron chi connectivity index (χ2n) is 6.83. The molecule has 1 fully saturated rings. The maximum Gasteiger partial charge on any atom is 0.0758 e. The van der Waals surface area contributed by atoms with Crippen LogP contribution >= 0.6 is 0 Å². The van der Waals surface area contributed by atoms with Gasteiger partial charge in [-0.25, -0.2) is 0 Å². The maximum atomic E-state index is 5.75. The minimum Gasteiger partial charge on any atom is -0.304 e. The Morgan fingerprint density at radius 1 is 1.22 bits per heavy atom. The summed E-state index contributed by atoms with van der Waals surface area (Å²) < 4.78 is 0. The van der Waals surface area contributed by atoms with E-state index in [1.807, 2.05) is 0 Å². The predicted molar refractivity (Wildman–Crippen MR) is 97.2 cm³/mol. The Labute approximate surface area is 142 Å². The van der Waals surface area contributed by atoms with Gasteiger partial charge in [0.1, 0.15) is 0 Å². The molecule has 0 saturated carbocycles. The second kappa shape index (κ2) is 10.8. The summed E-state index contributed by atoms with van der Waals surface area (Å²) >= 11 is 0. The third-order valence-electron chi connectivity index (χ3n) is 4.77. The molecule has 132 valence electrons. The van der Waals surface area contributed by atoms with E-state index in [0.717, 1.165) is 32.4 Å². The van der Waals surface area contributed by atoms with Crippen LogP contribution in [0.5, 0.6) is 0 Å². The largest absolute Gasteiger partial charge is 0.304 e. The lowest BCUT2D eigenvalue weighted by Gasteiger charge is -2.32. The van der Waals surface area contributed by atoms with Crippen LogP contribution in [0.15, 0.2) is 23.4 Å². The van der Waals surface area contributed by atoms with Gasteiger partial charge in [-0.1, -0.05) is 25.5 Å². The van der Waals surface area contributed by atoms with Gasteiger partial charge in [0.25, 0.3) is 0 Å². The van der Waals surface area contributed by atoms with Gasteiger partial charge in [-0.3, -0.25) is 10.3 Å². The molecule has 0 radical (unpaired) electrons. The van der Waals surface area contributed by atoms with Crippen molar-refractivity contribution in [2.45, 2.75) is 51.9 Å². The quantitative estimate of drug-likeness (QED) is 0.548. The molecule has 23 heavy (non-hydrogen) atoms. The highest BCUT2D eigenvalue weighted by atomic mass is 16.6. The van der Waals surface area contributed by atoms with Gasteiger partial charge in [-0.15, -0.1) is 0 Å². The zero-order chi connectivity index (χ0) is 16.3. The lowest BCUT2D eigenvalue weighted by atomic mass is 10.1. The normalized spacial score (nSPS) is 22.9. The molecule has 4 nitrogen and oxygen atoms in total. The van der Waals surface area contributed by atoms with Gasteiger partial charge in [-0.2, -0.15) is 0 Å². The van der Waals surface area contributed by atoms with Crippen molar-refractivity contribution in [2.24, 2.45) is 0 Å². The molecule has 4 heteroatoms. The Balaban J connectivity index is 1.64. The average Bonchev–Trinajstić information content (AvgIpc) is 2.79. The molecule has 0 spiro atoms. The first-order valence-electron chi connectivity index (χ1n) is 9.48. The fourth-order valence-corrected chi connectivity index (χ4v) is 3.17. The van der Waals surface area contributed by atoms with Crippen LogP contribution in [-0.2, 0) is 4.84 Å². The van der Waals surface area contributed by atoms with Gasteiger partial charge in [0, 0.05) is 32.7 Å². The van der Waals surface area contributed by atoms with Crippen LogP contribution in [0.3, 0.4) is 0 Å². The Hall–Kier alpha value is -0.840. The molecule has 0 aromatic heterocycles. The third-order valence-corrected chi connectivity index (χ3v) is 4.77. The summed E-state index contributed by atoms with van der Waals surface area (Å²) in [5.41, 5.74) is 5.90. The van der Waals surface area contributed by atoms with Crippen molar-refractivity contribution >= 4 is 0 Å². The molecule has 0 atom stereocenters. The molecule has 1 heterocycles. The number of nitrogens with zero attached hydrogens (tertiary/aromatic N) is 2. The molecular weight excluding hydrogens is 286 g/mol. The van der Waals surface area contributed by atoms with E-state index in [2.05, 4.69) is 41.4 Å². The van der Waals surface area contributed by atoms with E-state index < -0.39 is 0 Å². The van der Waals surface area contributed by atoms with Crippen molar-refractivity contribution in [3.63, 3.8) is 0 Å². The second-order valence-corrected chi connectivity index (χ2v) is 6.83. The Bertz CT molecular complexity index is 384. The Kier molecular flexibility index (Phi) is 8.72. The molecule has 2 rings (SSSR count). The summed E-state index contributed by atoms with van der Waals surface area (Å²) in [6, 6.07) is 0. The molecule has 0 unspecified atom stereocenters. The minimum atomic E-state index is 0.782. The SMILES string of the molecule is CCCC=C1CCCCC=C1NOCCCN1CCN(C)CC1. The molecule has 2 aliphatic rings. The van der Waals surface area contributed by atoms with Crippen molar-refractivity contribution in [3.05, 3.63) is 23.4 Å². The molecule has 0 aromatic carbocycles. The highest BCUT2D eigenvalue weighted by molar-refractivity contribution is 5.29. The smallest absolute Gasteiger partial charge is 0.0758 e. The number of hydrogen-bond acceptors (Lipinski definition) is 4. The number of hydroxylamine groups is 1. The molecule has 1 aliphatic heterocycles. The molecule has 0 aromatic rings. The lowest BCUT2D eigenvalue weighted by molar-refractivity contribution is 0.0525. The van der Waals surface area contributed by atoms with Crippen LogP contribution in [0.4, 0.5) is 0 Å². The number of piperazine rings is 1. The molecule has 1 saturated heterocycles. The molecular formula is C19H35N3O. The van der Waals surface area contributed by atoms with Gasteiger partial charge in [0.15, 0.2) is 0 Å². The first-order chi connectivity index (χ1) is 11.3. The lowest BCUT2D eigenvalue weighted by Crippen LogP contribution is -2.44. The Morgan fingerprint density at radius 2 is 2.04 bits per heavy atom. The fraction of sp³-hybridized carbons (Fsp3) is 0.789. The first kappa shape index (κ1) is 18.5. The van der Waals surface area contributed by atoms with Crippen molar-refractivity contribution in [1.82, 2.24) is 15.3 Å². The fourth-order valence-electron chi connectivity index (χ4n) is 3.17. The summed E-state index contributed by atoms with van der Waals surface area (Å²) in [5, 5.41) is 0. The molecule has 0 bridgehead atoms. The standard InChI is InChI=1S/C19H35N3O/c1-3-4-9-18-10-6-5-7-11-19(18)20-23-17-8-12-22-15-13-21(2)14-16-22/h9,11,20H,3-8,10,12-17H2,1-2H3. The van der Waals surface area contributed by atoms with Crippen LogP contribution in [0.25, 0.3) is 0 Å². The number of unbranched alkanes of at least 4 members (excludes halogenated alkanes) is 1. The summed E-state index contributed by atoms with van der Waals surface area (Å²) in [4.78, 5) is 10.7. The van der Waals surface area contributed by atoms with E-state index in [-0.39, 0.29) is 0 Å². The highest BCUT2D eigenvalue weighted by Gasteiger charge is 2.13. The van der Waals surface area contributed by atoms with E-state index in [1.165, 1.54) is 63.1 Å². The van der Waals surface area contributed by atoms with Crippen LogP contribution in [0, 0.1) is 0 Å². The van der Waals surface area contributed by atoms with E-state index in [0.29, 0.717) is 0 Å². The van der Waals surface area contributed by atoms with Crippen LogP contribution in [-0.4, -0.2) is 56.2 Å². The van der Waals surface area contributed by atoms with Crippen LogP contribution < -0.4 is 5.48 Å². The first-order valence-corrected chi connectivity index (χ1v) is 9.48. The van der Waals surface area contributed by atoms with Crippen molar-refractivity contribution < 1.29 is 4.84 Å². The average molecular weight is 322 g/mol. The van der Waals surface area contributed by atoms with Crippen LogP contribution in [0.1, 0.15) is 51.9 Å². The van der Waals surface area contributed by atoms with Crippen molar-refractivity contribution in [1.29, 1.82) is 0 Å². The number of hydrogen-bond donors (Lipinski definition) is 1. The molecule has 1 aliphatic carbocycles. The highest BCUT2D eigenvalue weighted by Crippen LogP contribution is 2.22. The number of nitrogens with one attached hydrogen (secondary N) is 1. The van der Waals surface area contributed by atoms with Crippen LogP contribution in [0.2, 0.25) is 0 Å². The monoisotopic (exact) mass is 321 g/mol. The third kappa shape index (κ3) is 7.06. The topological polar surface area (TPSA) is 27.7 Å². The number of rotatable bonds is 8. The van der Waals surface area contributed by atoms with Gasteiger partial charge < -0.3 is 9.80 Å². The predicted octanol–water partition coefficient (Wildman–Crippen LogP) is 3.33.